The van der Waals surface area contributed by atoms with E-state index < -0.39 is 0 Å². The SMILES string of the molecule is CCN(CC)CCN(C)c1ccc(C)cn1. The van der Waals surface area contributed by atoms with E-state index in [9.17, 15) is 0 Å². The molecule has 0 saturated carbocycles. The summed E-state index contributed by atoms with van der Waals surface area (Å²) in [6.45, 7) is 10.8. The molecule has 1 rings (SSSR count). The largest absolute Gasteiger partial charge is 0.358 e. The van der Waals surface area contributed by atoms with E-state index in [1.54, 1.807) is 0 Å². The van der Waals surface area contributed by atoms with Gasteiger partial charge in [0.25, 0.3) is 0 Å². The predicted octanol–water partition coefficient (Wildman–Crippen LogP) is 2.17. The molecule has 0 atom stereocenters. The molecule has 0 saturated heterocycles. The van der Waals surface area contributed by atoms with Gasteiger partial charge in [-0.25, -0.2) is 4.98 Å². The van der Waals surface area contributed by atoms with Gasteiger partial charge >= 0.3 is 0 Å². The predicted molar refractivity (Wildman–Crippen MR) is 70.0 cm³/mol. The smallest absolute Gasteiger partial charge is 0.128 e. The van der Waals surface area contributed by atoms with Gasteiger partial charge in [-0.15, -0.1) is 0 Å². The van der Waals surface area contributed by atoms with Crippen molar-refractivity contribution in [3.8, 4) is 0 Å². The summed E-state index contributed by atoms with van der Waals surface area (Å²) in [4.78, 5) is 9.04. The standard InChI is InChI=1S/C13H23N3/c1-5-16(6-2)10-9-15(4)13-8-7-12(3)11-14-13/h7-8,11H,5-6,9-10H2,1-4H3. The maximum atomic E-state index is 4.42. The van der Waals surface area contributed by atoms with Crippen LogP contribution in [0, 0.1) is 6.92 Å². The molecule has 3 nitrogen and oxygen atoms in total. The Balaban J connectivity index is 2.46. The second-order valence-electron chi connectivity index (χ2n) is 4.14. The van der Waals surface area contributed by atoms with E-state index in [0.29, 0.717) is 0 Å². The van der Waals surface area contributed by atoms with E-state index in [0.717, 1.165) is 32.0 Å². The lowest BCUT2D eigenvalue weighted by molar-refractivity contribution is 0.311. The average molecular weight is 221 g/mol. The van der Waals surface area contributed by atoms with Gasteiger partial charge in [-0.1, -0.05) is 19.9 Å². The third-order valence-electron chi connectivity index (χ3n) is 2.93. The van der Waals surface area contributed by atoms with Crippen molar-refractivity contribution in [3.63, 3.8) is 0 Å². The van der Waals surface area contributed by atoms with Crippen LogP contribution in [0.1, 0.15) is 19.4 Å². The Labute approximate surface area is 99.1 Å². The quantitative estimate of drug-likeness (QED) is 0.734. The molecule has 0 amide bonds. The van der Waals surface area contributed by atoms with Crippen LogP contribution in [0.4, 0.5) is 5.82 Å². The first-order chi connectivity index (χ1) is 7.67. The van der Waals surface area contributed by atoms with Crippen LogP contribution in [-0.4, -0.2) is 43.1 Å². The summed E-state index contributed by atoms with van der Waals surface area (Å²) in [7, 11) is 2.10. The molecular weight excluding hydrogens is 198 g/mol. The number of aryl methyl sites for hydroxylation is 1. The molecule has 1 heterocycles. The van der Waals surface area contributed by atoms with Crippen LogP contribution in [0.5, 0.6) is 0 Å². The van der Waals surface area contributed by atoms with E-state index >= 15 is 0 Å². The number of likely N-dealkylation sites (N-methyl/N-ethyl adjacent to an activating group) is 2. The molecule has 0 aromatic carbocycles. The molecule has 0 fully saturated rings. The molecule has 0 aliphatic rings. The highest BCUT2D eigenvalue weighted by atomic mass is 15.2. The van der Waals surface area contributed by atoms with Crippen molar-refractivity contribution in [2.75, 3.05) is 38.1 Å². The zero-order valence-electron chi connectivity index (χ0n) is 10.9. The van der Waals surface area contributed by atoms with Gasteiger partial charge in [0, 0.05) is 26.3 Å². The fourth-order valence-corrected chi connectivity index (χ4v) is 1.63. The van der Waals surface area contributed by atoms with E-state index in [-0.39, 0.29) is 0 Å². The first kappa shape index (κ1) is 13.0. The monoisotopic (exact) mass is 221 g/mol. The minimum Gasteiger partial charge on any atom is -0.358 e. The highest BCUT2D eigenvalue weighted by Gasteiger charge is 2.04. The zero-order chi connectivity index (χ0) is 12.0. The van der Waals surface area contributed by atoms with Crippen molar-refractivity contribution in [1.29, 1.82) is 0 Å². The maximum Gasteiger partial charge on any atom is 0.128 e. The Bertz CT molecular complexity index is 291. The van der Waals surface area contributed by atoms with Crippen LogP contribution in [0.2, 0.25) is 0 Å². The third-order valence-corrected chi connectivity index (χ3v) is 2.93. The second-order valence-corrected chi connectivity index (χ2v) is 4.14. The Morgan fingerprint density at radius 1 is 1.12 bits per heavy atom. The number of hydrogen-bond acceptors (Lipinski definition) is 3. The van der Waals surface area contributed by atoms with E-state index in [1.807, 2.05) is 6.20 Å². The first-order valence-electron chi connectivity index (χ1n) is 6.03. The molecule has 90 valence electrons. The average Bonchev–Trinajstić information content (AvgIpc) is 2.31. The molecule has 0 unspecified atom stereocenters. The summed E-state index contributed by atoms with van der Waals surface area (Å²) >= 11 is 0. The van der Waals surface area contributed by atoms with Gasteiger partial charge in [-0.05, 0) is 31.6 Å². The highest BCUT2D eigenvalue weighted by Crippen LogP contribution is 2.08. The lowest BCUT2D eigenvalue weighted by atomic mass is 10.3. The van der Waals surface area contributed by atoms with Crippen molar-refractivity contribution < 1.29 is 0 Å². The van der Waals surface area contributed by atoms with Gasteiger partial charge in [-0.2, -0.15) is 0 Å². The Morgan fingerprint density at radius 3 is 2.31 bits per heavy atom. The summed E-state index contributed by atoms with van der Waals surface area (Å²) < 4.78 is 0. The van der Waals surface area contributed by atoms with Crippen molar-refractivity contribution in [1.82, 2.24) is 9.88 Å². The fourth-order valence-electron chi connectivity index (χ4n) is 1.63. The molecular formula is C13H23N3. The molecule has 0 N–H and O–H groups in total. The summed E-state index contributed by atoms with van der Waals surface area (Å²) in [6, 6.07) is 4.19. The van der Waals surface area contributed by atoms with Gasteiger partial charge in [0.15, 0.2) is 0 Å². The molecule has 1 aromatic rings. The van der Waals surface area contributed by atoms with Gasteiger partial charge in [-0.3, -0.25) is 0 Å². The number of aromatic nitrogens is 1. The summed E-state index contributed by atoms with van der Waals surface area (Å²) in [5.41, 5.74) is 1.21. The van der Waals surface area contributed by atoms with Crippen LogP contribution in [-0.2, 0) is 0 Å². The number of hydrogen-bond donors (Lipinski definition) is 0. The number of anilines is 1. The van der Waals surface area contributed by atoms with Crippen molar-refractivity contribution in [2.45, 2.75) is 20.8 Å². The maximum absolute atomic E-state index is 4.42. The molecule has 0 bridgehead atoms. The van der Waals surface area contributed by atoms with Gasteiger partial charge in [0.05, 0.1) is 0 Å². The third kappa shape index (κ3) is 3.81. The van der Waals surface area contributed by atoms with Crippen molar-refractivity contribution >= 4 is 5.82 Å². The highest BCUT2D eigenvalue weighted by molar-refractivity contribution is 5.37. The molecule has 1 aromatic heterocycles. The Hall–Kier alpha value is -1.09. The molecule has 0 aliphatic heterocycles. The molecule has 3 heteroatoms. The number of pyridine rings is 1. The normalized spacial score (nSPS) is 10.8. The van der Waals surface area contributed by atoms with E-state index in [4.69, 9.17) is 0 Å². The van der Waals surface area contributed by atoms with E-state index in [1.165, 1.54) is 5.56 Å². The number of nitrogens with zero attached hydrogens (tertiary/aromatic N) is 3. The van der Waals surface area contributed by atoms with Crippen molar-refractivity contribution in [2.24, 2.45) is 0 Å². The van der Waals surface area contributed by atoms with Crippen molar-refractivity contribution in [3.05, 3.63) is 23.9 Å². The summed E-state index contributed by atoms with van der Waals surface area (Å²) in [5.74, 6) is 1.05. The molecule has 16 heavy (non-hydrogen) atoms. The second kappa shape index (κ2) is 6.48. The topological polar surface area (TPSA) is 19.4 Å². The minimum absolute atomic E-state index is 1.03. The van der Waals surface area contributed by atoms with Crippen LogP contribution in [0.25, 0.3) is 0 Å². The van der Waals surface area contributed by atoms with Crippen LogP contribution in [0.15, 0.2) is 18.3 Å². The molecule has 0 spiro atoms. The minimum atomic E-state index is 1.03. The first-order valence-corrected chi connectivity index (χ1v) is 6.03. The summed E-state index contributed by atoms with van der Waals surface area (Å²) in [5, 5.41) is 0. The van der Waals surface area contributed by atoms with Crippen LogP contribution < -0.4 is 4.90 Å². The number of rotatable bonds is 6. The lowest BCUT2D eigenvalue weighted by Gasteiger charge is -2.23. The van der Waals surface area contributed by atoms with Crippen LogP contribution in [0.3, 0.4) is 0 Å². The Kier molecular flexibility index (Phi) is 5.26. The van der Waals surface area contributed by atoms with E-state index in [2.05, 4.69) is 54.7 Å². The fraction of sp³-hybridized carbons (Fsp3) is 0.615. The summed E-state index contributed by atoms with van der Waals surface area (Å²) in [6.07, 6.45) is 1.92. The molecule has 0 aliphatic carbocycles. The Morgan fingerprint density at radius 2 is 1.81 bits per heavy atom. The zero-order valence-corrected chi connectivity index (χ0v) is 10.9. The van der Waals surface area contributed by atoms with Gasteiger partial charge in [0.1, 0.15) is 5.82 Å². The molecule has 0 radical (unpaired) electrons. The lowest BCUT2D eigenvalue weighted by Crippen LogP contribution is -2.33. The van der Waals surface area contributed by atoms with Gasteiger partial charge < -0.3 is 9.80 Å². The van der Waals surface area contributed by atoms with Crippen LogP contribution >= 0.6 is 0 Å². The van der Waals surface area contributed by atoms with Gasteiger partial charge in [0.2, 0.25) is 0 Å².